The third-order valence-electron chi connectivity index (χ3n) is 4.22. The van der Waals surface area contributed by atoms with Crippen LogP contribution in [0.3, 0.4) is 0 Å². The molecule has 0 saturated carbocycles. The van der Waals surface area contributed by atoms with Crippen molar-refractivity contribution in [1.29, 1.82) is 5.41 Å². The molecule has 4 aromatic rings. The number of hydrogen-bond acceptors (Lipinski definition) is 4. The van der Waals surface area contributed by atoms with Crippen molar-refractivity contribution in [3.8, 4) is 5.69 Å². The lowest BCUT2D eigenvalue weighted by molar-refractivity contribution is -0.137. The molecular weight excluding hydrogens is 407 g/mol. The van der Waals surface area contributed by atoms with Crippen LogP contribution in [-0.4, -0.2) is 25.4 Å². The fraction of sp³-hybridized carbons (Fsp3) is 0.0526. The molecule has 0 bridgehead atoms. The van der Waals surface area contributed by atoms with Gasteiger partial charge >= 0.3 is 6.18 Å². The first-order chi connectivity index (χ1) is 14.2. The predicted octanol–water partition coefficient (Wildman–Crippen LogP) is 3.88. The van der Waals surface area contributed by atoms with Crippen LogP contribution in [0.4, 0.5) is 22.0 Å². The maximum atomic E-state index is 14.1. The first kappa shape index (κ1) is 19.4. The number of nitrogens with zero attached hydrogens (tertiary/aromatic N) is 5. The van der Waals surface area contributed by atoms with Crippen molar-refractivity contribution in [2.24, 2.45) is 5.10 Å². The number of rotatable bonds is 3. The standard InChI is InChI=1S/C19H11F5N6/c20-13-5-6-15(14(21)7-13)29-9-26-16-17(25)30(10-27-18(16)29)28-8-11-1-3-12(4-2-11)19(22,23)24/h1-10,25H. The first-order valence-electron chi connectivity index (χ1n) is 8.40. The Hall–Kier alpha value is -3.89. The number of aromatic nitrogens is 4. The van der Waals surface area contributed by atoms with Crippen molar-refractivity contribution >= 4 is 17.4 Å². The first-order valence-corrected chi connectivity index (χ1v) is 8.40. The molecule has 0 unspecified atom stereocenters. The highest BCUT2D eigenvalue weighted by Crippen LogP contribution is 2.28. The lowest BCUT2D eigenvalue weighted by Gasteiger charge is -2.06. The van der Waals surface area contributed by atoms with Crippen LogP contribution in [0.15, 0.2) is 60.2 Å². The van der Waals surface area contributed by atoms with E-state index in [0.717, 1.165) is 28.9 Å². The Labute approximate surface area is 165 Å². The van der Waals surface area contributed by atoms with Crippen molar-refractivity contribution in [2.45, 2.75) is 6.18 Å². The Morgan fingerprint density at radius 3 is 2.37 bits per heavy atom. The number of benzene rings is 2. The molecular formula is C19H11F5N6. The molecule has 2 aromatic heterocycles. The van der Waals surface area contributed by atoms with Gasteiger partial charge in [0.25, 0.3) is 0 Å². The molecule has 1 N–H and O–H groups in total. The van der Waals surface area contributed by atoms with Crippen molar-refractivity contribution < 1.29 is 22.0 Å². The van der Waals surface area contributed by atoms with E-state index in [-0.39, 0.29) is 22.3 Å². The molecule has 6 nitrogen and oxygen atoms in total. The molecule has 0 amide bonds. The molecule has 152 valence electrons. The quantitative estimate of drug-likeness (QED) is 0.405. The van der Waals surface area contributed by atoms with E-state index in [1.54, 1.807) is 0 Å². The largest absolute Gasteiger partial charge is 0.416 e. The molecule has 0 aliphatic carbocycles. The van der Waals surface area contributed by atoms with Crippen molar-refractivity contribution in [1.82, 2.24) is 19.2 Å². The van der Waals surface area contributed by atoms with Gasteiger partial charge in [-0.3, -0.25) is 9.98 Å². The van der Waals surface area contributed by atoms with Crippen molar-refractivity contribution in [3.63, 3.8) is 0 Å². The highest BCUT2D eigenvalue weighted by molar-refractivity contribution is 5.79. The van der Waals surface area contributed by atoms with Crippen LogP contribution in [0.5, 0.6) is 0 Å². The second-order valence-electron chi connectivity index (χ2n) is 6.18. The molecule has 2 aromatic carbocycles. The molecule has 0 saturated heterocycles. The van der Waals surface area contributed by atoms with E-state index in [1.165, 1.54) is 41.6 Å². The van der Waals surface area contributed by atoms with Gasteiger partial charge in [-0.25, -0.2) is 23.4 Å². The van der Waals surface area contributed by atoms with Gasteiger partial charge in [0, 0.05) is 6.07 Å². The zero-order valence-corrected chi connectivity index (χ0v) is 14.9. The van der Waals surface area contributed by atoms with Gasteiger partial charge in [0.15, 0.2) is 16.7 Å². The Kier molecular flexibility index (Phi) is 4.65. The monoisotopic (exact) mass is 418 g/mol. The molecule has 0 atom stereocenters. The minimum Gasteiger partial charge on any atom is -0.281 e. The number of imidazole rings is 1. The summed E-state index contributed by atoms with van der Waals surface area (Å²) in [4.78, 5) is 8.17. The van der Waals surface area contributed by atoms with Gasteiger partial charge in [-0.05, 0) is 29.8 Å². The Balaban J connectivity index is 1.68. The van der Waals surface area contributed by atoms with E-state index >= 15 is 0 Å². The van der Waals surface area contributed by atoms with Crippen LogP contribution in [-0.2, 0) is 6.18 Å². The van der Waals surface area contributed by atoms with Gasteiger partial charge in [-0.2, -0.15) is 18.3 Å². The summed E-state index contributed by atoms with van der Waals surface area (Å²) in [5.41, 5.74) is -0.303. The van der Waals surface area contributed by atoms with Gasteiger partial charge in [-0.15, -0.1) is 0 Å². The van der Waals surface area contributed by atoms with Gasteiger partial charge in [-0.1, -0.05) is 12.1 Å². The maximum absolute atomic E-state index is 14.1. The minimum atomic E-state index is -4.43. The lowest BCUT2D eigenvalue weighted by Crippen LogP contribution is -2.18. The zero-order valence-electron chi connectivity index (χ0n) is 14.9. The van der Waals surface area contributed by atoms with E-state index in [9.17, 15) is 22.0 Å². The van der Waals surface area contributed by atoms with Crippen LogP contribution < -0.4 is 5.49 Å². The van der Waals surface area contributed by atoms with Gasteiger partial charge < -0.3 is 0 Å². The van der Waals surface area contributed by atoms with Crippen molar-refractivity contribution in [3.05, 3.63) is 83.4 Å². The Bertz CT molecular complexity index is 1320. The summed E-state index contributed by atoms with van der Waals surface area (Å²) in [7, 11) is 0. The third-order valence-corrected chi connectivity index (χ3v) is 4.22. The highest BCUT2D eigenvalue weighted by atomic mass is 19.4. The number of hydrogen-bond donors (Lipinski definition) is 1. The average molecular weight is 418 g/mol. The zero-order chi connectivity index (χ0) is 21.5. The van der Waals surface area contributed by atoms with E-state index < -0.39 is 23.4 Å². The second kappa shape index (κ2) is 7.17. The van der Waals surface area contributed by atoms with Crippen LogP contribution >= 0.6 is 0 Å². The lowest BCUT2D eigenvalue weighted by atomic mass is 10.1. The summed E-state index contributed by atoms with van der Waals surface area (Å²) in [6, 6.07) is 7.37. The third kappa shape index (κ3) is 3.56. The summed E-state index contributed by atoms with van der Waals surface area (Å²) in [6.45, 7) is 0. The fourth-order valence-electron chi connectivity index (χ4n) is 2.74. The fourth-order valence-corrected chi connectivity index (χ4v) is 2.74. The summed E-state index contributed by atoms with van der Waals surface area (Å²) in [5, 5.41) is 12.2. The summed E-state index contributed by atoms with van der Waals surface area (Å²) in [5.74, 6) is -1.55. The second-order valence-corrected chi connectivity index (χ2v) is 6.18. The predicted molar refractivity (Wildman–Crippen MR) is 97.1 cm³/mol. The summed E-state index contributed by atoms with van der Waals surface area (Å²) in [6.07, 6.45) is -0.736. The number of halogens is 5. The maximum Gasteiger partial charge on any atom is 0.416 e. The molecule has 0 aliphatic heterocycles. The van der Waals surface area contributed by atoms with Crippen LogP contribution in [0.25, 0.3) is 16.9 Å². The molecule has 0 aliphatic rings. The summed E-state index contributed by atoms with van der Waals surface area (Å²) < 4.78 is 67.4. The molecule has 4 rings (SSSR count). The highest BCUT2D eigenvalue weighted by Gasteiger charge is 2.29. The van der Waals surface area contributed by atoms with Crippen LogP contribution in [0.2, 0.25) is 0 Å². The smallest absolute Gasteiger partial charge is 0.281 e. The van der Waals surface area contributed by atoms with E-state index in [4.69, 9.17) is 5.41 Å². The number of nitrogens with one attached hydrogen (secondary N) is 1. The minimum absolute atomic E-state index is 0.0109. The number of fused-ring (bicyclic) bond motifs is 1. The Morgan fingerprint density at radius 2 is 1.70 bits per heavy atom. The van der Waals surface area contributed by atoms with E-state index in [1.807, 2.05) is 0 Å². The van der Waals surface area contributed by atoms with E-state index in [0.29, 0.717) is 5.56 Å². The molecule has 0 spiro atoms. The SMILES string of the molecule is N=c1c2ncn(-c3ccc(F)cc3F)c2ncn1N=Cc1ccc(C(F)(F)F)cc1. The molecule has 0 fully saturated rings. The van der Waals surface area contributed by atoms with Gasteiger partial charge in [0.2, 0.25) is 0 Å². The average Bonchev–Trinajstić information content (AvgIpc) is 3.12. The molecule has 0 radical (unpaired) electrons. The van der Waals surface area contributed by atoms with E-state index in [2.05, 4.69) is 15.1 Å². The van der Waals surface area contributed by atoms with Gasteiger partial charge in [0.05, 0.1) is 17.5 Å². The molecule has 30 heavy (non-hydrogen) atoms. The topological polar surface area (TPSA) is 71.8 Å². The van der Waals surface area contributed by atoms with Crippen LogP contribution in [0.1, 0.15) is 11.1 Å². The normalized spacial score (nSPS) is 12.2. The van der Waals surface area contributed by atoms with Crippen molar-refractivity contribution in [2.75, 3.05) is 0 Å². The van der Waals surface area contributed by atoms with Gasteiger partial charge in [0.1, 0.15) is 24.3 Å². The molecule has 2 heterocycles. The molecule has 11 heteroatoms. The number of alkyl halides is 3. The Morgan fingerprint density at radius 1 is 0.967 bits per heavy atom. The van der Waals surface area contributed by atoms with Crippen LogP contribution in [0, 0.1) is 17.0 Å². The summed E-state index contributed by atoms with van der Waals surface area (Å²) >= 11 is 0.